The zero-order valence-electron chi connectivity index (χ0n) is 7.27. The van der Waals surface area contributed by atoms with Gasteiger partial charge in [-0.2, -0.15) is 5.26 Å². The van der Waals surface area contributed by atoms with E-state index in [9.17, 15) is 4.79 Å². The first-order chi connectivity index (χ1) is 6.24. The summed E-state index contributed by atoms with van der Waals surface area (Å²) in [6, 6.07) is 1.77. The quantitative estimate of drug-likeness (QED) is 0.642. The van der Waals surface area contributed by atoms with Crippen molar-refractivity contribution in [3.63, 3.8) is 0 Å². The highest BCUT2D eigenvalue weighted by atomic mass is 16.5. The number of aliphatic carboxylic acids is 1. The van der Waals surface area contributed by atoms with Crippen molar-refractivity contribution in [2.45, 2.75) is 0 Å². The molecule has 1 saturated heterocycles. The van der Waals surface area contributed by atoms with Crippen LogP contribution in [-0.4, -0.2) is 48.8 Å². The van der Waals surface area contributed by atoms with Crippen LogP contribution in [0.1, 0.15) is 0 Å². The lowest BCUT2D eigenvalue weighted by Gasteiger charge is -2.26. The van der Waals surface area contributed by atoms with Gasteiger partial charge in [-0.1, -0.05) is 0 Å². The smallest absolute Gasteiger partial charge is 0.322 e. The van der Waals surface area contributed by atoms with E-state index < -0.39 is 11.9 Å². The lowest BCUT2D eigenvalue weighted by Crippen LogP contribution is -2.40. The largest absolute Gasteiger partial charge is 0.480 e. The fourth-order valence-electron chi connectivity index (χ4n) is 1.22. The van der Waals surface area contributed by atoms with Crippen molar-refractivity contribution in [2.24, 2.45) is 5.92 Å². The van der Waals surface area contributed by atoms with Crippen LogP contribution in [0, 0.1) is 17.2 Å². The second-order valence-corrected chi connectivity index (χ2v) is 2.93. The summed E-state index contributed by atoms with van der Waals surface area (Å²) < 4.78 is 5.10. The number of hydrogen-bond donors (Lipinski definition) is 1. The van der Waals surface area contributed by atoms with Crippen molar-refractivity contribution in [3.05, 3.63) is 0 Å². The predicted molar refractivity (Wildman–Crippen MR) is 44.0 cm³/mol. The number of rotatable bonds is 3. The van der Waals surface area contributed by atoms with Crippen LogP contribution in [0.2, 0.25) is 0 Å². The SMILES string of the molecule is N#CC(CN1CCOCC1)C(=O)O. The van der Waals surface area contributed by atoms with Crippen LogP contribution >= 0.6 is 0 Å². The van der Waals surface area contributed by atoms with Crippen LogP contribution < -0.4 is 0 Å². The molecule has 1 N–H and O–H groups in total. The molecule has 1 rings (SSSR count). The average Bonchev–Trinajstić information content (AvgIpc) is 2.15. The van der Waals surface area contributed by atoms with Gasteiger partial charge in [-0.3, -0.25) is 9.69 Å². The highest BCUT2D eigenvalue weighted by Gasteiger charge is 2.21. The van der Waals surface area contributed by atoms with E-state index in [1.165, 1.54) is 0 Å². The summed E-state index contributed by atoms with van der Waals surface area (Å²) in [6.07, 6.45) is 0. The minimum atomic E-state index is -1.05. The van der Waals surface area contributed by atoms with Gasteiger partial charge in [0.25, 0.3) is 0 Å². The van der Waals surface area contributed by atoms with E-state index in [1.807, 2.05) is 4.90 Å². The fourth-order valence-corrected chi connectivity index (χ4v) is 1.22. The third kappa shape index (κ3) is 3.01. The molecule has 0 bridgehead atoms. The highest BCUT2D eigenvalue weighted by Crippen LogP contribution is 2.03. The first kappa shape index (κ1) is 9.96. The zero-order valence-corrected chi connectivity index (χ0v) is 7.27. The normalized spacial score (nSPS) is 20.5. The number of morpholine rings is 1. The van der Waals surface area contributed by atoms with E-state index in [4.69, 9.17) is 15.1 Å². The minimum absolute atomic E-state index is 0.301. The molecule has 0 aliphatic carbocycles. The maximum Gasteiger partial charge on any atom is 0.322 e. The topological polar surface area (TPSA) is 73.6 Å². The second-order valence-electron chi connectivity index (χ2n) is 2.93. The summed E-state index contributed by atoms with van der Waals surface area (Å²) in [5.41, 5.74) is 0. The molecule has 1 fully saturated rings. The summed E-state index contributed by atoms with van der Waals surface area (Å²) in [5.74, 6) is -1.97. The molecule has 0 spiro atoms. The van der Waals surface area contributed by atoms with Gasteiger partial charge >= 0.3 is 5.97 Å². The number of nitrogens with zero attached hydrogens (tertiary/aromatic N) is 2. The highest BCUT2D eigenvalue weighted by molar-refractivity contribution is 5.73. The summed E-state index contributed by atoms with van der Waals surface area (Å²) in [4.78, 5) is 12.5. The van der Waals surface area contributed by atoms with Gasteiger partial charge in [0.2, 0.25) is 0 Å². The summed E-state index contributed by atoms with van der Waals surface area (Å²) in [5, 5.41) is 17.2. The fraction of sp³-hybridized carbons (Fsp3) is 0.750. The van der Waals surface area contributed by atoms with Crippen LogP contribution in [0.15, 0.2) is 0 Å². The molecule has 0 saturated carbocycles. The van der Waals surface area contributed by atoms with Crippen LogP contribution in [0.3, 0.4) is 0 Å². The van der Waals surface area contributed by atoms with Gasteiger partial charge in [-0.25, -0.2) is 0 Å². The summed E-state index contributed by atoms with van der Waals surface area (Å²) in [7, 11) is 0. The van der Waals surface area contributed by atoms with Gasteiger partial charge in [-0.15, -0.1) is 0 Å². The van der Waals surface area contributed by atoms with Crippen LogP contribution in [0.25, 0.3) is 0 Å². The molecule has 1 unspecified atom stereocenters. The number of carbonyl (C=O) groups is 1. The Kier molecular flexibility index (Phi) is 3.68. The summed E-state index contributed by atoms with van der Waals surface area (Å²) in [6.45, 7) is 2.97. The Bertz CT molecular complexity index is 218. The maximum absolute atomic E-state index is 10.5. The molecule has 13 heavy (non-hydrogen) atoms. The molecule has 5 nitrogen and oxygen atoms in total. The molecule has 5 heteroatoms. The van der Waals surface area contributed by atoms with Crippen molar-refractivity contribution in [1.82, 2.24) is 4.90 Å². The van der Waals surface area contributed by atoms with E-state index in [2.05, 4.69) is 0 Å². The molecule has 0 aromatic carbocycles. The maximum atomic E-state index is 10.5. The van der Waals surface area contributed by atoms with E-state index in [-0.39, 0.29) is 0 Å². The third-order valence-electron chi connectivity index (χ3n) is 2.00. The Labute approximate surface area is 76.5 Å². The number of carboxylic acids is 1. The van der Waals surface area contributed by atoms with E-state index in [0.29, 0.717) is 32.8 Å². The molecule has 1 atom stereocenters. The number of carboxylic acid groups (broad SMARTS) is 1. The average molecular weight is 184 g/mol. The Morgan fingerprint density at radius 2 is 2.23 bits per heavy atom. The predicted octanol–water partition coefficient (Wildman–Crippen LogP) is -0.457. The van der Waals surface area contributed by atoms with Gasteiger partial charge < -0.3 is 9.84 Å². The molecule has 1 aliphatic heterocycles. The molecule has 0 aromatic heterocycles. The molecule has 72 valence electrons. The molecule has 0 aromatic rings. The Balaban J connectivity index is 2.37. The number of hydrogen-bond acceptors (Lipinski definition) is 4. The van der Waals surface area contributed by atoms with Crippen molar-refractivity contribution in [2.75, 3.05) is 32.8 Å². The van der Waals surface area contributed by atoms with Gasteiger partial charge in [0, 0.05) is 19.6 Å². The van der Waals surface area contributed by atoms with Crippen molar-refractivity contribution < 1.29 is 14.6 Å². The third-order valence-corrected chi connectivity index (χ3v) is 2.00. The van der Waals surface area contributed by atoms with E-state index >= 15 is 0 Å². The summed E-state index contributed by atoms with van der Waals surface area (Å²) >= 11 is 0. The van der Waals surface area contributed by atoms with Crippen LogP contribution in [-0.2, 0) is 9.53 Å². The first-order valence-electron chi connectivity index (χ1n) is 4.16. The lowest BCUT2D eigenvalue weighted by molar-refractivity contribution is -0.140. The Hall–Kier alpha value is -1.12. The van der Waals surface area contributed by atoms with Gasteiger partial charge in [0.15, 0.2) is 5.92 Å². The van der Waals surface area contributed by atoms with Gasteiger partial charge in [-0.05, 0) is 0 Å². The molecule has 1 heterocycles. The van der Waals surface area contributed by atoms with Crippen molar-refractivity contribution in [3.8, 4) is 6.07 Å². The molecular formula is C8H12N2O3. The minimum Gasteiger partial charge on any atom is -0.480 e. The standard InChI is InChI=1S/C8H12N2O3/c9-5-7(8(11)12)6-10-1-3-13-4-2-10/h7H,1-4,6H2,(H,11,12). The lowest BCUT2D eigenvalue weighted by atomic mass is 10.1. The zero-order chi connectivity index (χ0) is 9.68. The molecule has 1 aliphatic rings. The molecular weight excluding hydrogens is 172 g/mol. The number of ether oxygens (including phenoxy) is 1. The molecule has 0 radical (unpaired) electrons. The molecule has 0 amide bonds. The van der Waals surface area contributed by atoms with Crippen LogP contribution in [0.4, 0.5) is 0 Å². The van der Waals surface area contributed by atoms with Gasteiger partial charge in [0.1, 0.15) is 0 Å². The van der Waals surface area contributed by atoms with E-state index in [0.717, 1.165) is 0 Å². The Morgan fingerprint density at radius 3 is 2.69 bits per heavy atom. The van der Waals surface area contributed by atoms with E-state index in [1.54, 1.807) is 6.07 Å². The van der Waals surface area contributed by atoms with Crippen molar-refractivity contribution in [1.29, 1.82) is 5.26 Å². The van der Waals surface area contributed by atoms with Crippen LogP contribution in [0.5, 0.6) is 0 Å². The van der Waals surface area contributed by atoms with Crippen molar-refractivity contribution >= 4 is 5.97 Å². The first-order valence-corrected chi connectivity index (χ1v) is 4.16. The van der Waals surface area contributed by atoms with Gasteiger partial charge in [0.05, 0.1) is 19.3 Å². The second kappa shape index (κ2) is 4.80. The monoisotopic (exact) mass is 184 g/mol. The Morgan fingerprint density at radius 1 is 1.62 bits per heavy atom. The number of nitriles is 1.